The topological polar surface area (TPSA) is 253 Å². The highest BCUT2D eigenvalue weighted by Gasteiger charge is 2.46. The van der Waals surface area contributed by atoms with Gasteiger partial charge in [-0.25, -0.2) is 4.79 Å². The summed E-state index contributed by atoms with van der Waals surface area (Å²) in [5.74, 6) is -1.96. The average Bonchev–Trinajstić information content (AvgIpc) is 3.15. The molecule has 0 unspecified atom stereocenters. The predicted octanol–water partition coefficient (Wildman–Crippen LogP) is 1.93. The minimum absolute atomic E-state index is 0.0761. The maximum absolute atomic E-state index is 12.5. The maximum Gasteiger partial charge on any atom is 0.333 e. The number of hydrogen-bond acceptors (Lipinski definition) is 15. The molecule has 1 fully saturated rings. The van der Waals surface area contributed by atoms with Crippen LogP contribution in [0.3, 0.4) is 0 Å². The molecule has 15 nitrogen and oxygen atoms in total. The Hall–Kier alpha value is -2.28. The molecule has 1 saturated heterocycles. The highest BCUT2D eigenvalue weighted by atomic mass is 16.7. The molecule has 0 bridgehead atoms. The average molecular weight is 819 g/mol. The molecule has 0 spiro atoms. The third-order valence-electron chi connectivity index (χ3n) is 10.9. The van der Waals surface area contributed by atoms with Gasteiger partial charge in [-0.2, -0.15) is 0 Å². The predicted molar refractivity (Wildman–Crippen MR) is 212 cm³/mol. The Morgan fingerprint density at radius 1 is 0.702 bits per heavy atom. The van der Waals surface area contributed by atoms with Crippen molar-refractivity contribution in [1.29, 1.82) is 0 Å². The number of aliphatic hydroxyl groups excluding tert-OH is 9. The van der Waals surface area contributed by atoms with E-state index in [1.807, 2.05) is 19.9 Å². The smallest absolute Gasteiger partial charge is 0.333 e. The minimum Gasteiger partial charge on any atom is -0.463 e. The van der Waals surface area contributed by atoms with Crippen molar-refractivity contribution >= 4 is 11.9 Å². The first-order valence-electron chi connectivity index (χ1n) is 20.2. The number of esters is 2. The summed E-state index contributed by atoms with van der Waals surface area (Å²) in [5.41, 5.74) is 1.30. The summed E-state index contributed by atoms with van der Waals surface area (Å²) in [6.45, 7) is 18.4. The van der Waals surface area contributed by atoms with Gasteiger partial charge in [-0.05, 0) is 62.5 Å². The van der Waals surface area contributed by atoms with Crippen molar-refractivity contribution in [3.63, 3.8) is 0 Å². The van der Waals surface area contributed by atoms with Gasteiger partial charge in [-0.3, -0.25) is 4.79 Å². The largest absolute Gasteiger partial charge is 0.463 e. The molecule has 0 aromatic carbocycles. The lowest BCUT2D eigenvalue weighted by Crippen LogP contribution is -2.60. The van der Waals surface area contributed by atoms with Crippen molar-refractivity contribution in [2.75, 3.05) is 19.8 Å². The minimum atomic E-state index is -1.71. The molecule has 0 aromatic heterocycles. The van der Waals surface area contributed by atoms with Crippen LogP contribution < -0.4 is 0 Å². The summed E-state index contributed by atoms with van der Waals surface area (Å²) < 4.78 is 22.4. The molecule has 15 heteroatoms. The lowest BCUT2D eigenvalue weighted by atomic mass is 9.82. The number of hydrogen-bond donors (Lipinski definition) is 9. The Labute approximate surface area is 339 Å². The second-order valence-electron chi connectivity index (χ2n) is 16.5. The van der Waals surface area contributed by atoms with Crippen molar-refractivity contribution in [3.8, 4) is 0 Å². The Kier molecular flexibility index (Phi) is 23.5. The number of ether oxygens (including phenoxy) is 4. The summed E-state index contributed by atoms with van der Waals surface area (Å²) >= 11 is 0. The lowest BCUT2D eigenvalue weighted by Gasteiger charge is -2.43. The molecule has 0 radical (unpaired) electrons. The molecule has 9 N–H and O–H groups in total. The van der Waals surface area contributed by atoms with Gasteiger partial charge in [0.05, 0.1) is 24.9 Å². The molecular weight excluding hydrogens is 744 g/mol. The van der Waals surface area contributed by atoms with Gasteiger partial charge >= 0.3 is 11.9 Å². The molecule has 1 rings (SSSR count). The van der Waals surface area contributed by atoms with E-state index in [0.29, 0.717) is 23.0 Å². The van der Waals surface area contributed by atoms with Gasteiger partial charge in [0.15, 0.2) is 6.29 Å². The SMILES string of the molecule is CC[C@@H](C)C[C@@H](C)C[C@H](C)[C@H](O[C@@H]1O[C@H](COC(C)=O)[C@@H](O)[C@H](O)[C@@H]1O)[C@@H](C)/C=C(\C)[C@@H](O)[C@@H](C)/C=C(\C)[C@@H](O)[C@H](C)/C=C(\C)C(=O)OC[C@@H](O)[C@H](O)[C@H](O)CO. The summed E-state index contributed by atoms with van der Waals surface area (Å²) in [7, 11) is 0. The molecule has 1 aliphatic heterocycles. The monoisotopic (exact) mass is 819 g/mol. The number of carbonyl (C=O) groups is 2. The normalized spacial score (nSPS) is 27.5. The van der Waals surface area contributed by atoms with Gasteiger partial charge in [0.25, 0.3) is 0 Å². The van der Waals surface area contributed by atoms with Crippen LogP contribution in [0.2, 0.25) is 0 Å². The van der Waals surface area contributed by atoms with E-state index >= 15 is 0 Å². The molecule has 332 valence electrons. The van der Waals surface area contributed by atoms with Crippen LogP contribution in [0.5, 0.6) is 0 Å². The van der Waals surface area contributed by atoms with Gasteiger partial charge in [-0.1, -0.05) is 73.1 Å². The second-order valence-corrected chi connectivity index (χ2v) is 16.5. The highest BCUT2D eigenvalue weighted by Crippen LogP contribution is 2.33. The van der Waals surface area contributed by atoms with Gasteiger partial charge in [-0.15, -0.1) is 0 Å². The van der Waals surface area contributed by atoms with Crippen molar-refractivity contribution in [1.82, 2.24) is 0 Å². The molecule has 0 amide bonds. The molecule has 17 atom stereocenters. The van der Waals surface area contributed by atoms with Gasteiger partial charge in [0.1, 0.15) is 55.9 Å². The molecule has 0 saturated carbocycles. The van der Waals surface area contributed by atoms with Crippen LogP contribution in [-0.4, -0.2) is 145 Å². The van der Waals surface area contributed by atoms with E-state index in [-0.39, 0.29) is 24.0 Å². The van der Waals surface area contributed by atoms with Crippen LogP contribution in [-0.2, 0) is 28.5 Å². The van der Waals surface area contributed by atoms with Crippen LogP contribution in [0, 0.1) is 35.5 Å². The van der Waals surface area contributed by atoms with Crippen LogP contribution in [0.4, 0.5) is 0 Å². The molecule has 1 heterocycles. The molecule has 1 aliphatic rings. The van der Waals surface area contributed by atoms with Crippen molar-refractivity contribution < 1.29 is 74.5 Å². The quantitative estimate of drug-likeness (QED) is 0.0383. The first-order chi connectivity index (χ1) is 26.5. The van der Waals surface area contributed by atoms with Crippen molar-refractivity contribution in [3.05, 3.63) is 34.9 Å². The van der Waals surface area contributed by atoms with Gasteiger partial charge in [0, 0.05) is 30.3 Å². The summed E-state index contributed by atoms with van der Waals surface area (Å²) in [4.78, 5) is 23.9. The fourth-order valence-electron chi connectivity index (χ4n) is 7.35. The Morgan fingerprint density at radius 2 is 1.25 bits per heavy atom. The third kappa shape index (κ3) is 17.1. The lowest BCUT2D eigenvalue weighted by molar-refractivity contribution is -0.317. The molecule has 0 aliphatic carbocycles. The van der Waals surface area contributed by atoms with Crippen molar-refractivity contribution in [2.45, 2.75) is 163 Å². The van der Waals surface area contributed by atoms with E-state index in [1.54, 1.807) is 33.8 Å². The standard InChI is InChI=1S/C42H74O15/c1-12-21(2)13-22(3)14-27(8)40(57-42-39(52)38(51)37(50)33(56-42)20-54-30(11)44)28(9)16-25(6)34(47)23(4)15-24(5)35(48)26(7)17-29(10)41(53)55-19-32(46)36(49)31(45)18-43/h15-17,21-23,26-28,31-40,42-43,45-52H,12-14,18-20H2,1-11H3/b24-15+,25-16+,29-17+/t21-,22-,23+,26-,27+,28+,31-,32-,33-,34+,35-,36-,37-,38+,39+,40+,42+/m1/s1. The Bertz CT molecular complexity index is 1300. The van der Waals surface area contributed by atoms with Crippen LogP contribution in [0.15, 0.2) is 34.9 Å². The zero-order valence-corrected chi connectivity index (χ0v) is 35.8. The van der Waals surface area contributed by atoms with Crippen LogP contribution in [0.25, 0.3) is 0 Å². The van der Waals surface area contributed by atoms with Gasteiger partial charge in [0.2, 0.25) is 0 Å². The first-order valence-corrected chi connectivity index (χ1v) is 20.2. The zero-order chi connectivity index (χ0) is 43.9. The molecule has 57 heavy (non-hydrogen) atoms. The zero-order valence-electron chi connectivity index (χ0n) is 35.8. The third-order valence-corrected chi connectivity index (χ3v) is 10.9. The van der Waals surface area contributed by atoms with E-state index in [9.17, 15) is 50.4 Å². The van der Waals surface area contributed by atoms with E-state index < -0.39 is 104 Å². The summed E-state index contributed by atoms with van der Waals surface area (Å²) in [5, 5.41) is 92.7. The van der Waals surface area contributed by atoms with E-state index in [4.69, 9.17) is 24.1 Å². The molecule has 0 aromatic rings. The van der Waals surface area contributed by atoms with E-state index in [1.165, 1.54) is 19.9 Å². The fraction of sp³-hybridized carbons (Fsp3) is 0.810. The van der Waals surface area contributed by atoms with Crippen LogP contribution in [0.1, 0.15) is 95.4 Å². The second kappa shape index (κ2) is 25.4. The highest BCUT2D eigenvalue weighted by molar-refractivity contribution is 5.87. The van der Waals surface area contributed by atoms with E-state index in [2.05, 4.69) is 20.8 Å². The fourth-order valence-corrected chi connectivity index (χ4v) is 7.35. The van der Waals surface area contributed by atoms with Crippen molar-refractivity contribution in [2.24, 2.45) is 35.5 Å². The first kappa shape index (κ1) is 52.7. The summed E-state index contributed by atoms with van der Waals surface area (Å²) in [6, 6.07) is 0. The maximum atomic E-state index is 12.5. The Morgan fingerprint density at radius 3 is 1.77 bits per heavy atom. The number of aliphatic hydroxyl groups is 9. The van der Waals surface area contributed by atoms with Gasteiger partial charge < -0.3 is 64.9 Å². The van der Waals surface area contributed by atoms with Crippen LogP contribution >= 0.6 is 0 Å². The summed E-state index contributed by atoms with van der Waals surface area (Å²) in [6.07, 6.45) is -6.74. The Balaban J connectivity index is 3.20. The molecular formula is C42H74O15. The van der Waals surface area contributed by atoms with E-state index in [0.717, 1.165) is 19.3 Å². The number of rotatable bonds is 24. The number of carbonyl (C=O) groups excluding carboxylic acids is 2.